The van der Waals surface area contributed by atoms with E-state index in [4.69, 9.17) is 25.8 Å². The summed E-state index contributed by atoms with van der Waals surface area (Å²) in [7, 11) is 3.34. The average molecular weight is 257 g/mol. The van der Waals surface area contributed by atoms with Crippen LogP contribution < -0.4 is 9.47 Å². The normalized spacial score (nSPS) is 17.4. The molecule has 1 fully saturated rings. The van der Waals surface area contributed by atoms with Crippen LogP contribution in [0.2, 0.25) is 0 Å². The van der Waals surface area contributed by atoms with Gasteiger partial charge in [0.2, 0.25) is 0 Å². The Balaban J connectivity index is 2.40. The van der Waals surface area contributed by atoms with Crippen LogP contribution in [0.4, 0.5) is 0 Å². The Morgan fingerprint density at radius 3 is 2.53 bits per heavy atom. The molecule has 1 saturated heterocycles. The first kappa shape index (κ1) is 12.5. The van der Waals surface area contributed by atoms with Crippen LogP contribution in [0.5, 0.6) is 11.5 Å². The molecule has 0 radical (unpaired) electrons. The van der Waals surface area contributed by atoms with Crippen molar-refractivity contribution in [3.05, 3.63) is 23.8 Å². The molecule has 1 aromatic carbocycles. The predicted molar refractivity (Wildman–Crippen MR) is 67.4 cm³/mol. The van der Waals surface area contributed by atoms with Crippen molar-refractivity contribution in [2.45, 2.75) is 11.8 Å². The summed E-state index contributed by atoms with van der Waals surface area (Å²) in [6.45, 7) is 1.40. The first-order chi connectivity index (χ1) is 8.25. The summed E-state index contributed by atoms with van der Waals surface area (Å²) in [5.74, 6) is 2.32. The number of ether oxygens (including phenoxy) is 3. The molecule has 94 valence electrons. The van der Waals surface area contributed by atoms with Crippen LogP contribution >= 0.6 is 11.6 Å². The van der Waals surface area contributed by atoms with Gasteiger partial charge in [-0.05, 0) is 24.6 Å². The highest BCUT2D eigenvalue weighted by molar-refractivity contribution is 6.17. The molecule has 0 aromatic heterocycles. The lowest BCUT2D eigenvalue weighted by atomic mass is 9.76. The van der Waals surface area contributed by atoms with Gasteiger partial charge in [-0.15, -0.1) is 11.6 Å². The molecule has 0 N–H and O–H groups in total. The van der Waals surface area contributed by atoms with E-state index in [1.54, 1.807) is 14.2 Å². The lowest BCUT2D eigenvalue weighted by Gasteiger charge is -2.42. The number of hydrogen-bond acceptors (Lipinski definition) is 3. The summed E-state index contributed by atoms with van der Waals surface area (Å²) in [6.07, 6.45) is 0.887. The Labute approximate surface area is 107 Å². The Morgan fingerprint density at radius 2 is 2.06 bits per heavy atom. The van der Waals surface area contributed by atoms with Gasteiger partial charge in [0, 0.05) is 16.9 Å². The van der Waals surface area contributed by atoms with Gasteiger partial charge in [-0.1, -0.05) is 0 Å². The Morgan fingerprint density at radius 1 is 1.29 bits per heavy atom. The van der Waals surface area contributed by atoms with E-state index in [2.05, 4.69) is 0 Å². The van der Waals surface area contributed by atoms with Gasteiger partial charge in [0.1, 0.15) is 11.5 Å². The zero-order valence-corrected chi connectivity index (χ0v) is 10.9. The Hall–Kier alpha value is -0.930. The van der Waals surface area contributed by atoms with Crippen molar-refractivity contribution in [3.63, 3.8) is 0 Å². The van der Waals surface area contributed by atoms with Crippen molar-refractivity contribution in [2.75, 3.05) is 33.3 Å². The zero-order chi connectivity index (χ0) is 12.3. The van der Waals surface area contributed by atoms with E-state index < -0.39 is 0 Å². The van der Waals surface area contributed by atoms with Gasteiger partial charge in [0.05, 0.1) is 27.4 Å². The fraction of sp³-hybridized carbons (Fsp3) is 0.538. The summed E-state index contributed by atoms with van der Waals surface area (Å²) in [5.41, 5.74) is 1.12. The highest BCUT2D eigenvalue weighted by Gasteiger charge is 2.42. The SMILES string of the molecule is COc1ccc(OC)c(C2(CCCl)COC2)c1. The van der Waals surface area contributed by atoms with Gasteiger partial charge in [-0.2, -0.15) is 0 Å². The number of rotatable bonds is 5. The van der Waals surface area contributed by atoms with Crippen LogP contribution in [0.3, 0.4) is 0 Å². The van der Waals surface area contributed by atoms with E-state index in [1.165, 1.54) is 0 Å². The molecule has 0 atom stereocenters. The molecule has 17 heavy (non-hydrogen) atoms. The lowest BCUT2D eigenvalue weighted by Crippen LogP contribution is -2.47. The van der Waals surface area contributed by atoms with Gasteiger partial charge in [0.25, 0.3) is 0 Å². The molecule has 1 heterocycles. The molecule has 0 aliphatic carbocycles. The fourth-order valence-electron chi connectivity index (χ4n) is 2.19. The maximum atomic E-state index is 5.89. The molecule has 2 rings (SSSR count). The Kier molecular flexibility index (Phi) is 3.79. The monoisotopic (exact) mass is 256 g/mol. The molecule has 0 bridgehead atoms. The van der Waals surface area contributed by atoms with Gasteiger partial charge in [0.15, 0.2) is 0 Å². The van der Waals surface area contributed by atoms with Crippen LogP contribution in [0.25, 0.3) is 0 Å². The third-order valence-corrected chi connectivity index (χ3v) is 3.50. The molecular weight excluding hydrogens is 240 g/mol. The Bertz CT molecular complexity index is 388. The third kappa shape index (κ3) is 2.22. The topological polar surface area (TPSA) is 27.7 Å². The first-order valence-corrected chi connectivity index (χ1v) is 6.15. The third-order valence-electron chi connectivity index (χ3n) is 3.31. The molecule has 1 aromatic rings. The standard InChI is InChI=1S/C13H17ClO3/c1-15-10-3-4-12(16-2)11(7-10)13(5-6-14)8-17-9-13/h3-4,7H,5-6,8-9H2,1-2H3. The summed E-state index contributed by atoms with van der Waals surface area (Å²) in [5, 5.41) is 0. The second kappa shape index (κ2) is 5.15. The molecule has 0 amide bonds. The minimum Gasteiger partial charge on any atom is -0.497 e. The van der Waals surface area contributed by atoms with Crippen molar-refractivity contribution < 1.29 is 14.2 Å². The minimum atomic E-state index is -0.0123. The second-order valence-electron chi connectivity index (χ2n) is 4.28. The van der Waals surface area contributed by atoms with Gasteiger partial charge >= 0.3 is 0 Å². The van der Waals surface area contributed by atoms with E-state index in [0.717, 1.165) is 23.5 Å². The largest absolute Gasteiger partial charge is 0.497 e. The summed E-state index contributed by atoms with van der Waals surface area (Å²) >= 11 is 5.89. The smallest absolute Gasteiger partial charge is 0.123 e. The van der Waals surface area contributed by atoms with E-state index in [0.29, 0.717) is 19.1 Å². The van der Waals surface area contributed by atoms with Gasteiger partial charge in [-0.25, -0.2) is 0 Å². The number of benzene rings is 1. The minimum absolute atomic E-state index is 0.0123. The van der Waals surface area contributed by atoms with Crippen molar-refractivity contribution in [2.24, 2.45) is 0 Å². The molecule has 4 heteroatoms. The maximum absolute atomic E-state index is 5.89. The molecule has 1 aliphatic heterocycles. The van der Waals surface area contributed by atoms with E-state index in [-0.39, 0.29) is 5.41 Å². The predicted octanol–water partition coefficient (Wildman–Crippen LogP) is 2.60. The van der Waals surface area contributed by atoms with Crippen LogP contribution in [0, 0.1) is 0 Å². The van der Waals surface area contributed by atoms with Crippen molar-refractivity contribution in [1.29, 1.82) is 0 Å². The van der Waals surface area contributed by atoms with E-state index >= 15 is 0 Å². The summed E-state index contributed by atoms with van der Waals surface area (Å²) in [4.78, 5) is 0. The summed E-state index contributed by atoms with van der Waals surface area (Å²) < 4.78 is 16.0. The lowest BCUT2D eigenvalue weighted by molar-refractivity contribution is -0.0625. The highest BCUT2D eigenvalue weighted by atomic mass is 35.5. The number of hydrogen-bond donors (Lipinski definition) is 0. The zero-order valence-electron chi connectivity index (χ0n) is 10.2. The van der Waals surface area contributed by atoms with Crippen molar-refractivity contribution in [3.8, 4) is 11.5 Å². The molecule has 1 aliphatic rings. The summed E-state index contributed by atoms with van der Waals surface area (Å²) in [6, 6.07) is 5.85. The van der Waals surface area contributed by atoms with E-state index in [9.17, 15) is 0 Å². The molecular formula is C13H17ClO3. The van der Waals surface area contributed by atoms with Crippen LogP contribution in [0.1, 0.15) is 12.0 Å². The van der Waals surface area contributed by atoms with Crippen molar-refractivity contribution >= 4 is 11.6 Å². The van der Waals surface area contributed by atoms with Crippen LogP contribution in [-0.4, -0.2) is 33.3 Å². The second-order valence-corrected chi connectivity index (χ2v) is 4.66. The molecule has 0 unspecified atom stereocenters. The first-order valence-electron chi connectivity index (χ1n) is 5.62. The van der Waals surface area contributed by atoms with Gasteiger partial charge in [-0.3, -0.25) is 0 Å². The van der Waals surface area contributed by atoms with E-state index in [1.807, 2.05) is 18.2 Å². The molecule has 0 spiro atoms. The molecule has 3 nitrogen and oxygen atoms in total. The van der Waals surface area contributed by atoms with Gasteiger partial charge < -0.3 is 14.2 Å². The number of alkyl halides is 1. The molecule has 0 saturated carbocycles. The fourth-order valence-corrected chi connectivity index (χ4v) is 2.55. The quantitative estimate of drug-likeness (QED) is 0.758. The van der Waals surface area contributed by atoms with Crippen molar-refractivity contribution in [1.82, 2.24) is 0 Å². The highest BCUT2D eigenvalue weighted by Crippen LogP contribution is 2.42. The van der Waals surface area contributed by atoms with Crippen LogP contribution in [0.15, 0.2) is 18.2 Å². The van der Waals surface area contributed by atoms with Crippen LogP contribution in [-0.2, 0) is 10.2 Å². The number of halogens is 1. The maximum Gasteiger partial charge on any atom is 0.123 e. The average Bonchev–Trinajstić information content (AvgIpc) is 2.33. The number of methoxy groups -OCH3 is 2.